The van der Waals surface area contributed by atoms with E-state index in [1.54, 1.807) is 11.8 Å². The van der Waals surface area contributed by atoms with Crippen molar-refractivity contribution in [1.82, 2.24) is 9.88 Å². The average Bonchev–Trinajstić information content (AvgIpc) is 3.45. The highest BCUT2D eigenvalue weighted by atomic mass is 16.7. The third-order valence-corrected chi connectivity index (χ3v) is 11.9. The van der Waals surface area contributed by atoms with Crippen LogP contribution >= 0.6 is 0 Å². The minimum absolute atomic E-state index is 0.0581. The molecular weight excluding hydrogens is 676 g/mol. The van der Waals surface area contributed by atoms with E-state index in [4.69, 9.17) is 23.9 Å². The lowest BCUT2D eigenvalue weighted by Gasteiger charge is -2.45. The van der Waals surface area contributed by atoms with E-state index in [0.29, 0.717) is 32.2 Å². The maximum atomic E-state index is 14.4. The Morgan fingerprint density at radius 3 is 2.36 bits per heavy atom. The second kappa shape index (κ2) is 16.9. The smallest absolute Gasteiger partial charge is 0.410 e. The molecule has 3 aliphatic heterocycles. The fraction of sp³-hybridized carbons (Fsp3) is 0.690. The first-order valence-electron chi connectivity index (χ1n) is 19.6. The first-order valence-corrected chi connectivity index (χ1v) is 19.6. The number of carbonyl (C=O) groups excluding carboxylic acids is 4. The number of unbranched alkanes of at least 4 members (excludes halogenated alkanes) is 1. The van der Waals surface area contributed by atoms with E-state index in [0.717, 1.165) is 29.4 Å². The number of aryl methyl sites for hydroxylation is 1. The Morgan fingerprint density at radius 2 is 1.64 bits per heavy atom. The molecule has 1 aromatic heterocycles. The Labute approximate surface area is 314 Å². The molecule has 0 radical (unpaired) electrons. The zero-order chi connectivity index (χ0) is 38.8. The number of amides is 1. The first-order chi connectivity index (χ1) is 25.0. The quantitative estimate of drug-likeness (QED) is 0.177. The van der Waals surface area contributed by atoms with Crippen molar-refractivity contribution < 1.29 is 43.2 Å². The summed E-state index contributed by atoms with van der Waals surface area (Å²) in [6.45, 7) is 16.9. The highest BCUT2D eigenvalue weighted by molar-refractivity contribution is 6.00. The van der Waals surface area contributed by atoms with Gasteiger partial charge >= 0.3 is 12.1 Å². The number of hydrogen-bond acceptors (Lipinski definition) is 10. The van der Waals surface area contributed by atoms with Crippen molar-refractivity contribution >= 4 is 34.5 Å². The molecule has 0 spiro atoms. The maximum absolute atomic E-state index is 14.4. The summed E-state index contributed by atoms with van der Waals surface area (Å²) < 4.78 is 24.6. The maximum Gasteiger partial charge on any atom is 0.410 e. The van der Waals surface area contributed by atoms with Crippen molar-refractivity contribution in [3.63, 3.8) is 0 Å². The number of Topliss-reactive ketones (excluding diaryl/α,β-unsaturated/α-hetero) is 2. The summed E-state index contributed by atoms with van der Waals surface area (Å²) in [5.74, 6) is -4.29. The van der Waals surface area contributed by atoms with Crippen LogP contribution in [0.4, 0.5) is 4.79 Å². The number of aliphatic hydroxyl groups excluding tert-OH is 1. The topological polar surface area (TPSA) is 142 Å². The van der Waals surface area contributed by atoms with Crippen LogP contribution in [-0.2, 0) is 39.8 Å². The van der Waals surface area contributed by atoms with Gasteiger partial charge in [-0.1, -0.05) is 72.7 Å². The van der Waals surface area contributed by atoms with Gasteiger partial charge in [0.1, 0.15) is 23.9 Å². The monoisotopic (exact) mass is 736 g/mol. The number of nitrogens with zero attached hydrogens (tertiary/aromatic N) is 2. The van der Waals surface area contributed by atoms with E-state index in [1.807, 2.05) is 78.8 Å². The van der Waals surface area contributed by atoms with Crippen molar-refractivity contribution in [1.29, 1.82) is 0 Å². The zero-order valence-electron chi connectivity index (χ0n) is 32.9. The summed E-state index contributed by atoms with van der Waals surface area (Å²) in [5.41, 5.74) is 1.14. The van der Waals surface area contributed by atoms with Gasteiger partial charge in [0.2, 0.25) is 0 Å². The van der Waals surface area contributed by atoms with E-state index in [2.05, 4.69) is 6.07 Å². The number of aliphatic hydroxyl groups is 1. The van der Waals surface area contributed by atoms with Crippen LogP contribution in [-0.4, -0.2) is 88.0 Å². The normalized spacial score (nSPS) is 35.8. The number of benzene rings is 1. The standard InChI is InChI=1S/C42H60N2O9/c1-10-32-37-33(44(41(49)52-37)20-14-13-16-30-19-18-29-15-11-12-17-31(29)43-30)26(5)34(45)24(3)22-42(8,9)38(27(6)36(47)28(7)39(48)51-32)53-40-35(46)23(2)21-25(4)50-40/h11-12,15,17-19,23-28,32-33,35,37-38,40,46H,10,13-14,16,20-22H2,1-9H3/t23-,24+,25+,26+,27-,28+,32+,33+,35+,37+,38+,40-/m0/s1. The molecule has 3 aliphatic rings. The number of fused-ring (bicyclic) bond motifs is 2. The van der Waals surface area contributed by atoms with Crippen LogP contribution < -0.4 is 0 Å². The predicted octanol–water partition coefficient (Wildman–Crippen LogP) is 6.70. The van der Waals surface area contributed by atoms with Crippen molar-refractivity contribution in [2.45, 2.75) is 144 Å². The van der Waals surface area contributed by atoms with Crippen molar-refractivity contribution in [3.05, 3.63) is 42.1 Å². The molecule has 12 atom stereocenters. The minimum atomic E-state index is -1.13. The zero-order valence-corrected chi connectivity index (χ0v) is 32.9. The molecule has 0 saturated carbocycles. The molecule has 5 rings (SSSR count). The number of ketones is 2. The highest BCUT2D eigenvalue weighted by Gasteiger charge is 2.53. The van der Waals surface area contributed by atoms with Gasteiger partial charge in [0.05, 0.1) is 23.8 Å². The van der Waals surface area contributed by atoms with E-state index in [-0.39, 0.29) is 23.6 Å². The van der Waals surface area contributed by atoms with Crippen LogP contribution in [0.5, 0.6) is 0 Å². The fourth-order valence-electron chi connectivity index (χ4n) is 8.93. The largest absolute Gasteiger partial charge is 0.458 e. The number of ether oxygens (including phenoxy) is 4. The molecule has 1 N–H and O–H groups in total. The molecule has 0 unspecified atom stereocenters. The number of pyridine rings is 1. The molecule has 0 bridgehead atoms. The molecular formula is C42H60N2O9. The number of para-hydroxylation sites is 1. The van der Waals surface area contributed by atoms with Gasteiger partial charge in [-0.2, -0.15) is 0 Å². The van der Waals surface area contributed by atoms with Crippen LogP contribution in [0, 0.1) is 35.0 Å². The summed E-state index contributed by atoms with van der Waals surface area (Å²) in [4.78, 5) is 62.2. The SMILES string of the molecule is CC[C@H]1OC(=O)[C@H](C)C(=O)[C@H](C)[C@@H](O[C@@H]2O[C@H](C)C[C@H](C)[C@H]2O)C(C)(C)C[C@@H](C)C(=O)[C@H](C)[C@@H]2[C@@H]1OC(=O)N2CCCCc1ccc2ccccc2n1. The average molecular weight is 737 g/mol. The number of aromatic nitrogens is 1. The number of cyclic esters (lactones) is 1. The van der Waals surface area contributed by atoms with E-state index >= 15 is 0 Å². The molecule has 11 nitrogen and oxygen atoms in total. The Hall–Kier alpha value is -3.41. The molecule has 1 aromatic carbocycles. The summed E-state index contributed by atoms with van der Waals surface area (Å²) in [5, 5.41) is 12.1. The number of rotatable bonds is 8. The molecule has 292 valence electrons. The van der Waals surface area contributed by atoms with Gasteiger partial charge in [-0.25, -0.2) is 4.79 Å². The fourth-order valence-corrected chi connectivity index (χ4v) is 8.93. The van der Waals surface area contributed by atoms with Crippen molar-refractivity contribution in [2.75, 3.05) is 6.54 Å². The van der Waals surface area contributed by atoms with E-state index in [1.165, 1.54) is 6.92 Å². The summed E-state index contributed by atoms with van der Waals surface area (Å²) in [6.07, 6.45) is -1.63. The van der Waals surface area contributed by atoms with Crippen LogP contribution in [0.25, 0.3) is 10.9 Å². The Bertz CT molecular complexity index is 1630. The van der Waals surface area contributed by atoms with E-state index in [9.17, 15) is 24.3 Å². The summed E-state index contributed by atoms with van der Waals surface area (Å²) in [6, 6.07) is 11.4. The van der Waals surface area contributed by atoms with Gasteiger partial charge in [-0.05, 0) is 75.8 Å². The number of carbonyl (C=O) groups is 4. The lowest BCUT2D eigenvalue weighted by molar-refractivity contribution is -0.284. The predicted molar refractivity (Wildman–Crippen MR) is 200 cm³/mol. The van der Waals surface area contributed by atoms with Gasteiger partial charge in [0.15, 0.2) is 18.2 Å². The minimum Gasteiger partial charge on any atom is -0.458 e. The second-order valence-electron chi connectivity index (χ2n) is 16.6. The van der Waals surface area contributed by atoms with Crippen LogP contribution in [0.2, 0.25) is 0 Å². The van der Waals surface area contributed by atoms with Crippen LogP contribution in [0.3, 0.4) is 0 Å². The molecule has 3 fully saturated rings. The molecule has 3 saturated heterocycles. The van der Waals surface area contributed by atoms with Gasteiger partial charge in [0.25, 0.3) is 0 Å². The number of esters is 1. The van der Waals surface area contributed by atoms with Crippen molar-refractivity contribution in [3.8, 4) is 0 Å². The first kappa shape index (κ1) is 40.8. The Morgan fingerprint density at radius 1 is 0.925 bits per heavy atom. The lowest BCUT2D eigenvalue weighted by atomic mass is 9.70. The Balaban J connectivity index is 1.40. The molecule has 11 heteroatoms. The number of hydrogen-bond donors (Lipinski definition) is 1. The third kappa shape index (κ3) is 8.94. The van der Waals surface area contributed by atoms with E-state index < -0.39 is 77.9 Å². The molecule has 53 heavy (non-hydrogen) atoms. The third-order valence-electron chi connectivity index (χ3n) is 11.9. The van der Waals surface area contributed by atoms with Crippen molar-refractivity contribution in [2.24, 2.45) is 35.0 Å². The second-order valence-corrected chi connectivity index (χ2v) is 16.6. The van der Waals surface area contributed by atoms with Gasteiger partial charge < -0.3 is 29.0 Å². The van der Waals surface area contributed by atoms with Gasteiger partial charge in [-0.3, -0.25) is 19.4 Å². The summed E-state index contributed by atoms with van der Waals surface area (Å²) in [7, 11) is 0. The van der Waals surface area contributed by atoms with Gasteiger partial charge in [-0.15, -0.1) is 0 Å². The molecule has 0 aliphatic carbocycles. The summed E-state index contributed by atoms with van der Waals surface area (Å²) >= 11 is 0. The Kier molecular flexibility index (Phi) is 13.0. The van der Waals surface area contributed by atoms with Gasteiger partial charge in [0, 0.05) is 35.4 Å². The molecule has 1 amide bonds. The van der Waals surface area contributed by atoms with Crippen LogP contribution in [0.15, 0.2) is 36.4 Å². The molecule has 2 aromatic rings. The van der Waals surface area contributed by atoms with Crippen LogP contribution in [0.1, 0.15) is 100 Å². The lowest BCUT2D eigenvalue weighted by Crippen LogP contribution is -2.53. The molecule has 4 heterocycles. The highest BCUT2D eigenvalue weighted by Crippen LogP contribution is 2.41.